The molecule has 9 heteroatoms. The first-order chi connectivity index (χ1) is 15.0. The molecule has 1 aliphatic heterocycles. The predicted molar refractivity (Wildman–Crippen MR) is 140 cm³/mol. The third-order valence-corrected chi connectivity index (χ3v) is 5.23. The Labute approximate surface area is 207 Å². The summed E-state index contributed by atoms with van der Waals surface area (Å²) in [5.41, 5.74) is 1.86. The van der Waals surface area contributed by atoms with Crippen LogP contribution in [0.2, 0.25) is 0 Å². The van der Waals surface area contributed by atoms with Crippen LogP contribution in [-0.2, 0) is 6.54 Å². The number of guanidine groups is 1. The van der Waals surface area contributed by atoms with Crippen LogP contribution in [0.1, 0.15) is 44.1 Å². The van der Waals surface area contributed by atoms with Gasteiger partial charge in [-0.1, -0.05) is 12.1 Å². The summed E-state index contributed by atoms with van der Waals surface area (Å²) in [5.74, 6) is 1.73. The number of anilines is 1. The molecule has 3 rings (SSSR count). The molecule has 8 nitrogen and oxygen atoms in total. The minimum Gasteiger partial charge on any atom is -0.468 e. The van der Waals surface area contributed by atoms with Crippen LogP contribution >= 0.6 is 24.0 Å². The second kappa shape index (κ2) is 13.3. The Hall–Kier alpha value is -2.27. The first kappa shape index (κ1) is 26.0. The third kappa shape index (κ3) is 8.01. The van der Waals surface area contributed by atoms with Crippen molar-refractivity contribution in [2.24, 2.45) is 4.99 Å². The van der Waals surface area contributed by atoms with E-state index in [9.17, 15) is 4.79 Å². The summed E-state index contributed by atoms with van der Waals surface area (Å²) < 4.78 is 5.69. The Balaban J connectivity index is 0.00000363. The van der Waals surface area contributed by atoms with E-state index in [0.29, 0.717) is 6.54 Å². The minimum absolute atomic E-state index is 0. The van der Waals surface area contributed by atoms with Crippen molar-refractivity contribution in [1.82, 2.24) is 20.9 Å². The summed E-state index contributed by atoms with van der Waals surface area (Å²) in [4.78, 5) is 18.6. The molecule has 1 aromatic heterocycles. The van der Waals surface area contributed by atoms with Gasteiger partial charge in [0.15, 0.2) is 5.96 Å². The van der Waals surface area contributed by atoms with Crippen LogP contribution in [0.25, 0.3) is 0 Å². The molecule has 176 valence electrons. The molecule has 32 heavy (non-hydrogen) atoms. The second-order valence-electron chi connectivity index (χ2n) is 8.03. The number of nitrogens with one attached hydrogen (secondary N) is 4. The van der Waals surface area contributed by atoms with Crippen molar-refractivity contribution < 1.29 is 9.21 Å². The number of urea groups is 1. The highest BCUT2D eigenvalue weighted by Crippen LogP contribution is 2.24. The highest BCUT2D eigenvalue weighted by molar-refractivity contribution is 14.0. The Bertz CT molecular complexity index is 833. The molecule has 0 saturated carbocycles. The zero-order valence-corrected chi connectivity index (χ0v) is 21.4. The van der Waals surface area contributed by atoms with Crippen LogP contribution in [-0.4, -0.2) is 49.6 Å². The van der Waals surface area contributed by atoms with Gasteiger partial charge in [-0.25, -0.2) is 4.79 Å². The maximum absolute atomic E-state index is 11.8. The van der Waals surface area contributed by atoms with Crippen molar-refractivity contribution in [2.75, 3.05) is 32.0 Å². The number of hydrogen-bond donors (Lipinski definition) is 4. The molecule has 2 amide bonds. The largest absolute Gasteiger partial charge is 0.468 e. The summed E-state index contributed by atoms with van der Waals surface area (Å²) in [6.07, 6.45) is 4.19. The molecule has 1 atom stereocenters. The van der Waals surface area contributed by atoms with E-state index in [2.05, 4.69) is 31.2 Å². The van der Waals surface area contributed by atoms with Gasteiger partial charge in [-0.15, -0.1) is 24.0 Å². The fourth-order valence-corrected chi connectivity index (χ4v) is 3.68. The number of benzene rings is 1. The quantitative estimate of drug-likeness (QED) is 0.226. The van der Waals surface area contributed by atoms with Gasteiger partial charge in [0.1, 0.15) is 5.76 Å². The zero-order valence-electron chi connectivity index (χ0n) is 19.1. The van der Waals surface area contributed by atoms with E-state index in [1.165, 1.54) is 12.8 Å². The fraction of sp³-hybridized carbons (Fsp3) is 0.478. The number of rotatable bonds is 8. The number of carbonyl (C=O) groups is 1. The summed E-state index contributed by atoms with van der Waals surface area (Å²) in [5, 5.41) is 12.4. The number of hydrogen-bond acceptors (Lipinski definition) is 4. The predicted octanol–water partition coefficient (Wildman–Crippen LogP) is 3.93. The van der Waals surface area contributed by atoms with Crippen molar-refractivity contribution in [3.05, 3.63) is 54.0 Å². The molecule has 1 aliphatic rings. The molecule has 0 aliphatic carbocycles. The first-order valence-electron chi connectivity index (χ1n) is 10.9. The van der Waals surface area contributed by atoms with Crippen molar-refractivity contribution in [2.45, 2.75) is 45.3 Å². The highest BCUT2D eigenvalue weighted by Gasteiger charge is 2.25. The highest BCUT2D eigenvalue weighted by atomic mass is 127. The van der Waals surface area contributed by atoms with Crippen LogP contribution in [0.15, 0.2) is 52.1 Å². The monoisotopic (exact) mass is 554 g/mol. The number of nitrogens with zero attached hydrogens (tertiary/aromatic N) is 2. The van der Waals surface area contributed by atoms with Gasteiger partial charge in [0, 0.05) is 31.9 Å². The number of amides is 2. The van der Waals surface area contributed by atoms with Crippen molar-refractivity contribution in [3.8, 4) is 0 Å². The van der Waals surface area contributed by atoms with E-state index in [-0.39, 0.29) is 42.1 Å². The van der Waals surface area contributed by atoms with E-state index >= 15 is 0 Å². The number of aliphatic imine (C=N–C) groups is 1. The fourth-order valence-electron chi connectivity index (χ4n) is 3.68. The minimum atomic E-state index is -0.199. The molecular formula is C23H35IN6O2. The second-order valence-corrected chi connectivity index (χ2v) is 8.03. The molecule has 1 saturated heterocycles. The lowest BCUT2D eigenvalue weighted by molar-refractivity contribution is 0.215. The van der Waals surface area contributed by atoms with E-state index in [1.54, 1.807) is 13.3 Å². The average molecular weight is 554 g/mol. The van der Waals surface area contributed by atoms with E-state index in [0.717, 1.165) is 42.6 Å². The summed E-state index contributed by atoms with van der Waals surface area (Å²) in [6, 6.07) is 11.8. The maximum atomic E-state index is 11.8. The van der Waals surface area contributed by atoms with E-state index in [4.69, 9.17) is 4.42 Å². The summed E-state index contributed by atoms with van der Waals surface area (Å²) in [7, 11) is 1.77. The number of furan rings is 1. The van der Waals surface area contributed by atoms with Crippen molar-refractivity contribution >= 4 is 41.7 Å². The molecule has 4 N–H and O–H groups in total. The Kier molecular flexibility index (Phi) is 10.8. The van der Waals surface area contributed by atoms with E-state index in [1.807, 2.05) is 50.2 Å². The zero-order chi connectivity index (χ0) is 22.1. The van der Waals surface area contributed by atoms with E-state index < -0.39 is 0 Å². The van der Waals surface area contributed by atoms with Gasteiger partial charge < -0.3 is 25.7 Å². The molecular weight excluding hydrogens is 519 g/mol. The van der Waals surface area contributed by atoms with Gasteiger partial charge in [0.25, 0.3) is 0 Å². The number of halogens is 1. The molecule has 0 bridgehead atoms. The lowest BCUT2D eigenvalue weighted by Gasteiger charge is -2.26. The van der Waals surface area contributed by atoms with Crippen LogP contribution in [0.4, 0.5) is 10.5 Å². The lowest BCUT2D eigenvalue weighted by Crippen LogP contribution is -2.42. The molecule has 2 aromatic rings. The smallest absolute Gasteiger partial charge is 0.319 e. The SMILES string of the molecule is CN=C(NCc1ccc(NC(=O)NC(C)C)cc1)NCC(c1ccco1)N1CCCC1.I. The van der Waals surface area contributed by atoms with Gasteiger partial charge >= 0.3 is 6.03 Å². The van der Waals surface area contributed by atoms with Crippen molar-refractivity contribution in [1.29, 1.82) is 0 Å². The van der Waals surface area contributed by atoms with Gasteiger partial charge in [0.2, 0.25) is 0 Å². The molecule has 2 heterocycles. The molecule has 0 radical (unpaired) electrons. The third-order valence-electron chi connectivity index (χ3n) is 5.23. The van der Waals surface area contributed by atoms with Gasteiger partial charge in [-0.05, 0) is 69.6 Å². The standard InChI is InChI=1S/C23H34N6O2.HI/c1-17(2)27-23(30)28-19-10-8-18(9-11-19)15-25-22(24-3)26-16-20(21-7-6-14-31-21)29-12-4-5-13-29;/h6-11,14,17,20H,4-5,12-13,15-16H2,1-3H3,(H2,24,25,26)(H2,27,28,30);1H. The molecule has 0 spiro atoms. The molecule has 1 fully saturated rings. The van der Waals surface area contributed by atoms with Crippen LogP contribution in [0.5, 0.6) is 0 Å². The number of likely N-dealkylation sites (tertiary alicyclic amines) is 1. The molecule has 1 unspecified atom stereocenters. The van der Waals surface area contributed by atoms with Crippen LogP contribution in [0.3, 0.4) is 0 Å². The Morgan fingerprint density at radius 3 is 2.44 bits per heavy atom. The van der Waals surface area contributed by atoms with Gasteiger partial charge in [-0.3, -0.25) is 9.89 Å². The van der Waals surface area contributed by atoms with Crippen LogP contribution in [0, 0.1) is 0 Å². The maximum Gasteiger partial charge on any atom is 0.319 e. The average Bonchev–Trinajstić information content (AvgIpc) is 3.46. The summed E-state index contributed by atoms with van der Waals surface area (Å²) in [6.45, 7) is 7.39. The topological polar surface area (TPSA) is 93.9 Å². The Morgan fingerprint density at radius 2 is 1.84 bits per heavy atom. The summed E-state index contributed by atoms with van der Waals surface area (Å²) >= 11 is 0. The molecule has 1 aromatic carbocycles. The lowest BCUT2D eigenvalue weighted by atomic mass is 10.2. The first-order valence-corrected chi connectivity index (χ1v) is 10.9. The normalized spacial score (nSPS) is 15.2. The van der Waals surface area contributed by atoms with Gasteiger partial charge in [0.05, 0.1) is 12.3 Å². The van der Waals surface area contributed by atoms with Crippen LogP contribution < -0.4 is 21.3 Å². The van der Waals surface area contributed by atoms with Crippen molar-refractivity contribution in [3.63, 3.8) is 0 Å². The van der Waals surface area contributed by atoms with Gasteiger partial charge in [-0.2, -0.15) is 0 Å². The Morgan fingerprint density at radius 1 is 1.12 bits per heavy atom. The number of carbonyl (C=O) groups excluding carboxylic acids is 1.